The molecule has 17 heavy (non-hydrogen) atoms. The molecule has 6 nitrogen and oxygen atoms in total. The normalized spacial score (nSPS) is 10.2. The third kappa shape index (κ3) is 2.60. The summed E-state index contributed by atoms with van der Waals surface area (Å²) < 4.78 is 0. The predicted molar refractivity (Wildman–Crippen MR) is 64.6 cm³/mol. The number of hydrogen-bond donors (Lipinski definition) is 3. The summed E-state index contributed by atoms with van der Waals surface area (Å²) in [7, 11) is 0. The topological polar surface area (TPSA) is 96.7 Å². The maximum absolute atomic E-state index is 11.9. The van der Waals surface area contributed by atoms with Gasteiger partial charge in [-0.1, -0.05) is 6.92 Å². The van der Waals surface area contributed by atoms with Crippen LogP contribution in [0, 0.1) is 0 Å². The van der Waals surface area contributed by atoms with Gasteiger partial charge in [0.05, 0.1) is 11.9 Å². The van der Waals surface area contributed by atoms with Gasteiger partial charge in [-0.2, -0.15) is 5.10 Å². The van der Waals surface area contributed by atoms with Crippen LogP contribution in [0.1, 0.15) is 23.0 Å². The Morgan fingerprint density at radius 2 is 2.35 bits per heavy atom. The fraction of sp³-hybridized carbons (Fsp3) is 0.182. The molecule has 0 spiro atoms. The van der Waals surface area contributed by atoms with Gasteiger partial charge in [-0.3, -0.25) is 9.89 Å². The number of aromatic nitrogens is 3. The minimum atomic E-state index is -0.227. The molecule has 0 aliphatic heterocycles. The quantitative estimate of drug-likeness (QED) is 0.739. The Bertz CT molecular complexity index is 521. The fourth-order valence-corrected chi connectivity index (χ4v) is 1.45. The van der Waals surface area contributed by atoms with E-state index in [9.17, 15) is 4.79 Å². The number of aromatic amines is 1. The summed E-state index contributed by atoms with van der Waals surface area (Å²) in [6.07, 6.45) is 3.86. The highest BCUT2D eigenvalue weighted by Crippen LogP contribution is 2.11. The van der Waals surface area contributed by atoms with Gasteiger partial charge in [-0.25, -0.2) is 4.98 Å². The number of pyridine rings is 1. The van der Waals surface area contributed by atoms with E-state index in [1.165, 1.54) is 6.20 Å². The zero-order chi connectivity index (χ0) is 12.3. The van der Waals surface area contributed by atoms with Crippen molar-refractivity contribution < 1.29 is 4.79 Å². The largest absolute Gasteiger partial charge is 0.384 e. The lowest BCUT2D eigenvalue weighted by molar-refractivity contribution is 0.102. The van der Waals surface area contributed by atoms with E-state index in [0.717, 1.165) is 12.1 Å². The number of nitrogens with two attached hydrogens (primary N) is 1. The summed E-state index contributed by atoms with van der Waals surface area (Å²) in [4.78, 5) is 16.0. The van der Waals surface area contributed by atoms with Gasteiger partial charge in [-0.15, -0.1) is 0 Å². The van der Waals surface area contributed by atoms with Crippen molar-refractivity contribution in [3.05, 3.63) is 35.8 Å². The van der Waals surface area contributed by atoms with Crippen molar-refractivity contribution in [2.24, 2.45) is 0 Å². The van der Waals surface area contributed by atoms with Crippen LogP contribution in [0.3, 0.4) is 0 Å². The lowest BCUT2D eigenvalue weighted by Gasteiger charge is -2.05. The highest BCUT2D eigenvalue weighted by Gasteiger charge is 2.09. The van der Waals surface area contributed by atoms with E-state index < -0.39 is 0 Å². The molecule has 0 aliphatic rings. The number of nitrogens with one attached hydrogen (secondary N) is 2. The van der Waals surface area contributed by atoms with Crippen LogP contribution in [0.4, 0.5) is 11.5 Å². The molecule has 2 rings (SSSR count). The number of nitrogens with zero attached hydrogens (tertiary/aromatic N) is 2. The van der Waals surface area contributed by atoms with E-state index in [4.69, 9.17) is 5.73 Å². The summed E-state index contributed by atoms with van der Waals surface area (Å²) >= 11 is 0. The number of amides is 1. The SMILES string of the molecule is CCc1cc(C(=O)Nc2cn[nH]c2)cc(N)n1. The third-order valence-corrected chi connectivity index (χ3v) is 2.28. The molecule has 2 heterocycles. The highest BCUT2D eigenvalue weighted by atomic mass is 16.1. The molecule has 88 valence electrons. The molecule has 1 amide bonds. The van der Waals surface area contributed by atoms with Gasteiger partial charge in [0.15, 0.2) is 0 Å². The van der Waals surface area contributed by atoms with Crippen LogP contribution in [0.5, 0.6) is 0 Å². The van der Waals surface area contributed by atoms with Gasteiger partial charge in [-0.05, 0) is 18.6 Å². The molecule has 2 aromatic heterocycles. The van der Waals surface area contributed by atoms with Crippen LogP contribution in [-0.2, 0) is 6.42 Å². The highest BCUT2D eigenvalue weighted by molar-refractivity contribution is 6.04. The van der Waals surface area contributed by atoms with Gasteiger partial charge in [0.1, 0.15) is 5.82 Å². The van der Waals surface area contributed by atoms with E-state index >= 15 is 0 Å². The minimum absolute atomic E-state index is 0.227. The zero-order valence-electron chi connectivity index (χ0n) is 9.40. The number of nitrogen functional groups attached to an aromatic ring is 1. The van der Waals surface area contributed by atoms with Crippen LogP contribution < -0.4 is 11.1 Å². The summed E-state index contributed by atoms with van der Waals surface area (Å²) in [6.45, 7) is 1.96. The van der Waals surface area contributed by atoms with Crippen LogP contribution in [0.15, 0.2) is 24.5 Å². The fourth-order valence-electron chi connectivity index (χ4n) is 1.45. The van der Waals surface area contributed by atoms with E-state index in [2.05, 4.69) is 20.5 Å². The van der Waals surface area contributed by atoms with Gasteiger partial charge < -0.3 is 11.1 Å². The van der Waals surface area contributed by atoms with E-state index in [1.807, 2.05) is 6.92 Å². The Balaban J connectivity index is 2.21. The Morgan fingerprint density at radius 1 is 1.53 bits per heavy atom. The Hall–Kier alpha value is -2.37. The molecule has 2 aromatic rings. The van der Waals surface area contributed by atoms with Crippen molar-refractivity contribution in [1.82, 2.24) is 15.2 Å². The maximum Gasteiger partial charge on any atom is 0.255 e. The van der Waals surface area contributed by atoms with Crippen molar-refractivity contribution in [1.29, 1.82) is 0 Å². The van der Waals surface area contributed by atoms with Crippen molar-refractivity contribution in [3.63, 3.8) is 0 Å². The van der Waals surface area contributed by atoms with Gasteiger partial charge in [0.2, 0.25) is 0 Å². The molecular formula is C11H13N5O. The molecule has 0 saturated carbocycles. The monoisotopic (exact) mass is 231 g/mol. The van der Waals surface area contributed by atoms with Gasteiger partial charge >= 0.3 is 0 Å². The first-order valence-electron chi connectivity index (χ1n) is 5.25. The summed E-state index contributed by atoms with van der Waals surface area (Å²) in [5, 5.41) is 9.06. The molecule has 0 bridgehead atoms. The molecule has 4 N–H and O–H groups in total. The molecule has 0 unspecified atom stereocenters. The van der Waals surface area contributed by atoms with Crippen LogP contribution >= 0.6 is 0 Å². The molecule has 0 fully saturated rings. The van der Waals surface area contributed by atoms with Gasteiger partial charge in [0.25, 0.3) is 5.91 Å². The summed E-state index contributed by atoms with van der Waals surface area (Å²) in [5.74, 6) is 0.122. The number of aryl methyl sites for hydroxylation is 1. The molecule has 0 atom stereocenters. The van der Waals surface area contributed by atoms with Crippen LogP contribution in [0.25, 0.3) is 0 Å². The Kier molecular flexibility index (Phi) is 3.04. The Morgan fingerprint density at radius 3 is 3.00 bits per heavy atom. The number of rotatable bonds is 3. The average Bonchev–Trinajstić information content (AvgIpc) is 2.81. The molecular weight excluding hydrogens is 218 g/mol. The average molecular weight is 231 g/mol. The zero-order valence-corrected chi connectivity index (χ0v) is 9.40. The van der Waals surface area contributed by atoms with E-state index in [0.29, 0.717) is 17.1 Å². The van der Waals surface area contributed by atoms with Crippen molar-refractivity contribution in [2.75, 3.05) is 11.1 Å². The van der Waals surface area contributed by atoms with Crippen LogP contribution in [-0.4, -0.2) is 21.1 Å². The molecule has 0 saturated heterocycles. The maximum atomic E-state index is 11.9. The first-order valence-corrected chi connectivity index (χ1v) is 5.25. The summed E-state index contributed by atoms with van der Waals surface area (Å²) in [5.41, 5.74) is 7.54. The number of carbonyl (C=O) groups is 1. The molecule has 0 aromatic carbocycles. The smallest absolute Gasteiger partial charge is 0.255 e. The number of carbonyl (C=O) groups excluding carboxylic acids is 1. The van der Waals surface area contributed by atoms with Crippen molar-refractivity contribution >= 4 is 17.4 Å². The van der Waals surface area contributed by atoms with Crippen LogP contribution in [0.2, 0.25) is 0 Å². The molecule has 6 heteroatoms. The Labute approximate surface area is 98.3 Å². The van der Waals surface area contributed by atoms with Gasteiger partial charge in [0, 0.05) is 17.5 Å². The number of hydrogen-bond acceptors (Lipinski definition) is 4. The summed E-state index contributed by atoms with van der Waals surface area (Å²) in [6, 6.07) is 3.28. The van der Waals surface area contributed by atoms with E-state index in [-0.39, 0.29) is 5.91 Å². The first-order chi connectivity index (χ1) is 8.19. The predicted octanol–water partition coefficient (Wildman–Crippen LogP) is 1.20. The number of anilines is 2. The lowest BCUT2D eigenvalue weighted by atomic mass is 10.2. The molecule has 0 radical (unpaired) electrons. The second-order valence-electron chi connectivity index (χ2n) is 3.57. The standard InChI is InChI=1S/C11H13N5O/c1-2-8-3-7(4-10(12)15-8)11(17)16-9-5-13-14-6-9/h3-6H,2H2,1H3,(H2,12,15)(H,13,14)(H,16,17). The second kappa shape index (κ2) is 4.65. The van der Waals surface area contributed by atoms with Crippen molar-refractivity contribution in [2.45, 2.75) is 13.3 Å². The second-order valence-corrected chi connectivity index (χ2v) is 3.57. The molecule has 0 aliphatic carbocycles. The minimum Gasteiger partial charge on any atom is -0.384 e. The number of H-pyrrole nitrogens is 1. The van der Waals surface area contributed by atoms with Crippen molar-refractivity contribution in [3.8, 4) is 0 Å². The third-order valence-electron chi connectivity index (χ3n) is 2.28. The van der Waals surface area contributed by atoms with E-state index in [1.54, 1.807) is 18.3 Å². The first kappa shape index (κ1) is 11.1. The lowest BCUT2D eigenvalue weighted by Crippen LogP contribution is -2.13.